The standard InChI is InChI=1S/C15H23N3O4S/c1-3-18-8-4-5-11(18)10-17-15(19)13-9-12(23(16,20)21)6-7-14(13)22-2/h6-7,9,11H,3-5,8,10H2,1-2H3,(H,17,19)(H2,16,20,21)/p+1/t11-/m0/s1. The molecule has 2 rings (SSSR count). The van der Waals surface area contributed by atoms with Crippen molar-refractivity contribution in [1.82, 2.24) is 5.32 Å². The van der Waals surface area contributed by atoms with Crippen molar-refractivity contribution in [3.05, 3.63) is 23.8 Å². The Morgan fingerprint density at radius 3 is 2.83 bits per heavy atom. The molecule has 1 aliphatic rings. The number of methoxy groups -OCH3 is 1. The Morgan fingerprint density at radius 2 is 2.22 bits per heavy atom. The van der Waals surface area contributed by atoms with Gasteiger partial charge in [0, 0.05) is 12.8 Å². The van der Waals surface area contributed by atoms with Gasteiger partial charge in [-0.15, -0.1) is 0 Å². The first-order valence-electron chi connectivity index (χ1n) is 7.70. The second kappa shape index (κ2) is 7.29. The predicted molar refractivity (Wildman–Crippen MR) is 86.1 cm³/mol. The van der Waals surface area contributed by atoms with Gasteiger partial charge < -0.3 is 15.0 Å². The normalized spacial score (nSPS) is 21.2. The molecule has 0 aromatic heterocycles. The minimum absolute atomic E-state index is 0.106. The van der Waals surface area contributed by atoms with Crippen molar-refractivity contribution in [2.24, 2.45) is 5.14 Å². The van der Waals surface area contributed by atoms with Gasteiger partial charge in [0.1, 0.15) is 11.8 Å². The number of carbonyl (C=O) groups excluding carboxylic acids is 1. The number of sulfonamides is 1. The molecule has 1 aliphatic heterocycles. The molecule has 2 atom stereocenters. The first-order chi connectivity index (χ1) is 10.9. The first-order valence-corrected chi connectivity index (χ1v) is 9.25. The number of nitrogens with two attached hydrogens (primary N) is 1. The molecule has 1 amide bonds. The molecule has 0 aliphatic carbocycles. The van der Waals surface area contributed by atoms with E-state index in [1.54, 1.807) is 0 Å². The van der Waals surface area contributed by atoms with Gasteiger partial charge in [-0.2, -0.15) is 0 Å². The highest BCUT2D eigenvalue weighted by molar-refractivity contribution is 7.89. The molecule has 1 fully saturated rings. The number of hydrogen-bond donors (Lipinski definition) is 3. The van der Waals surface area contributed by atoms with Crippen LogP contribution in [-0.4, -0.2) is 47.1 Å². The highest BCUT2D eigenvalue weighted by Crippen LogP contribution is 2.21. The predicted octanol–water partition coefficient (Wildman–Crippen LogP) is -0.860. The lowest BCUT2D eigenvalue weighted by atomic mass is 10.1. The highest BCUT2D eigenvalue weighted by atomic mass is 32.2. The van der Waals surface area contributed by atoms with Crippen molar-refractivity contribution >= 4 is 15.9 Å². The summed E-state index contributed by atoms with van der Waals surface area (Å²) in [5.74, 6) is -0.0317. The maximum absolute atomic E-state index is 12.4. The van der Waals surface area contributed by atoms with Gasteiger partial charge in [-0.3, -0.25) is 4.79 Å². The summed E-state index contributed by atoms with van der Waals surface area (Å²) in [5, 5.41) is 8.01. The summed E-state index contributed by atoms with van der Waals surface area (Å²) in [6.07, 6.45) is 2.24. The van der Waals surface area contributed by atoms with Crippen LogP contribution < -0.4 is 20.1 Å². The summed E-state index contributed by atoms with van der Waals surface area (Å²) < 4.78 is 28.1. The second-order valence-corrected chi connectivity index (χ2v) is 7.28. The first kappa shape index (κ1) is 17.7. The summed E-state index contributed by atoms with van der Waals surface area (Å²) in [5.41, 5.74) is 0.176. The van der Waals surface area contributed by atoms with E-state index in [0.717, 1.165) is 25.9 Å². The number of likely N-dealkylation sites (N-methyl/N-ethyl adjacent to an activating group) is 1. The van der Waals surface area contributed by atoms with E-state index in [9.17, 15) is 13.2 Å². The zero-order chi connectivity index (χ0) is 17.0. The third-order valence-corrected chi connectivity index (χ3v) is 5.25. The van der Waals surface area contributed by atoms with Gasteiger partial charge in [0.2, 0.25) is 10.0 Å². The molecule has 4 N–H and O–H groups in total. The summed E-state index contributed by atoms with van der Waals surface area (Å²) in [6.45, 7) is 4.85. The Kier molecular flexibility index (Phi) is 5.61. The number of primary sulfonamides is 1. The fourth-order valence-corrected chi connectivity index (χ4v) is 3.59. The zero-order valence-electron chi connectivity index (χ0n) is 13.5. The number of carbonyl (C=O) groups is 1. The molecule has 0 radical (unpaired) electrons. The number of quaternary nitrogens is 1. The van der Waals surface area contributed by atoms with Crippen molar-refractivity contribution in [3.63, 3.8) is 0 Å². The molecule has 8 heteroatoms. The van der Waals surface area contributed by atoms with E-state index >= 15 is 0 Å². The van der Waals surface area contributed by atoms with E-state index in [2.05, 4.69) is 12.2 Å². The van der Waals surface area contributed by atoms with Crippen LogP contribution in [0.25, 0.3) is 0 Å². The van der Waals surface area contributed by atoms with Crippen molar-refractivity contribution in [2.75, 3.05) is 26.7 Å². The number of nitrogens with one attached hydrogen (secondary N) is 2. The third-order valence-electron chi connectivity index (χ3n) is 4.34. The fourth-order valence-electron chi connectivity index (χ4n) is 3.05. The van der Waals surface area contributed by atoms with E-state index in [0.29, 0.717) is 18.3 Å². The van der Waals surface area contributed by atoms with Gasteiger partial charge in [0.25, 0.3) is 5.91 Å². The Bertz CT molecular complexity index is 675. The molecule has 1 aromatic rings. The van der Waals surface area contributed by atoms with E-state index in [1.807, 2.05) is 0 Å². The average molecular weight is 342 g/mol. The van der Waals surface area contributed by atoms with Crippen LogP contribution in [0, 0.1) is 0 Å². The van der Waals surface area contributed by atoms with E-state index in [1.165, 1.54) is 30.2 Å². The summed E-state index contributed by atoms with van der Waals surface area (Å²) in [6, 6.07) is 4.41. The van der Waals surface area contributed by atoms with Crippen LogP contribution in [0.5, 0.6) is 5.75 Å². The molecule has 1 heterocycles. The average Bonchev–Trinajstić information content (AvgIpc) is 2.98. The van der Waals surface area contributed by atoms with Gasteiger partial charge in [-0.25, -0.2) is 13.6 Å². The third kappa shape index (κ3) is 4.21. The Labute approximate surface area is 136 Å². The summed E-state index contributed by atoms with van der Waals surface area (Å²) >= 11 is 0. The number of amides is 1. The zero-order valence-corrected chi connectivity index (χ0v) is 14.3. The minimum atomic E-state index is -3.87. The Balaban J connectivity index is 2.14. The van der Waals surface area contributed by atoms with Crippen LogP contribution in [-0.2, 0) is 10.0 Å². The van der Waals surface area contributed by atoms with E-state index in [-0.39, 0.29) is 16.4 Å². The molecule has 23 heavy (non-hydrogen) atoms. The van der Waals surface area contributed by atoms with Crippen molar-refractivity contribution in [1.29, 1.82) is 0 Å². The molecule has 7 nitrogen and oxygen atoms in total. The quantitative estimate of drug-likeness (QED) is 0.626. The maximum Gasteiger partial charge on any atom is 0.255 e. The van der Waals surface area contributed by atoms with Gasteiger partial charge in [0.15, 0.2) is 0 Å². The van der Waals surface area contributed by atoms with Crippen molar-refractivity contribution < 1.29 is 22.8 Å². The van der Waals surface area contributed by atoms with Crippen LogP contribution in [0.1, 0.15) is 30.1 Å². The topological polar surface area (TPSA) is 103 Å². The monoisotopic (exact) mass is 342 g/mol. The molecule has 128 valence electrons. The van der Waals surface area contributed by atoms with Crippen molar-refractivity contribution in [3.8, 4) is 5.75 Å². The van der Waals surface area contributed by atoms with E-state index in [4.69, 9.17) is 9.88 Å². The largest absolute Gasteiger partial charge is 0.496 e. The lowest BCUT2D eigenvalue weighted by Gasteiger charge is -2.20. The number of hydrogen-bond acceptors (Lipinski definition) is 4. The summed E-state index contributed by atoms with van der Waals surface area (Å²) in [4.78, 5) is 13.8. The molecule has 0 saturated carbocycles. The summed E-state index contributed by atoms with van der Waals surface area (Å²) in [7, 11) is -2.43. The number of rotatable bonds is 6. The van der Waals surface area contributed by atoms with Gasteiger partial charge in [0.05, 0.1) is 37.2 Å². The van der Waals surface area contributed by atoms with Crippen LogP contribution in [0.2, 0.25) is 0 Å². The smallest absolute Gasteiger partial charge is 0.255 e. The fraction of sp³-hybridized carbons (Fsp3) is 0.533. The highest BCUT2D eigenvalue weighted by Gasteiger charge is 2.27. The number of benzene rings is 1. The number of ether oxygens (including phenoxy) is 1. The van der Waals surface area contributed by atoms with Gasteiger partial charge in [-0.05, 0) is 25.1 Å². The lowest BCUT2D eigenvalue weighted by molar-refractivity contribution is -0.909. The molecular formula is C15H24N3O4S+. The molecule has 1 saturated heterocycles. The minimum Gasteiger partial charge on any atom is -0.496 e. The van der Waals surface area contributed by atoms with Crippen LogP contribution in [0.15, 0.2) is 23.1 Å². The van der Waals surface area contributed by atoms with E-state index < -0.39 is 10.0 Å². The van der Waals surface area contributed by atoms with Crippen LogP contribution >= 0.6 is 0 Å². The van der Waals surface area contributed by atoms with Crippen LogP contribution in [0.4, 0.5) is 0 Å². The number of likely N-dealkylation sites (tertiary alicyclic amines) is 1. The molecule has 0 spiro atoms. The van der Waals surface area contributed by atoms with Crippen LogP contribution in [0.3, 0.4) is 0 Å². The van der Waals surface area contributed by atoms with Crippen molar-refractivity contribution in [2.45, 2.75) is 30.7 Å². The molecular weight excluding hydrogens is 318 g/mol. The SMILES string of the molecule is CC[NH+]1CCC[C@H]1CNC(=O)c1cc(S(N)(=O)=O)ccc1OC. The Hall–Kier alpha value is -1.64. The molecule has 0 bridgehead atoms. The van der Waals surface area contributed by atoms with Gasteiger partial charge >= 0.3 is 0 Å². The Morgan fingerprint density at radius 1 is 1.48 bits per heavy atom. The maximum atomic E-state index is 12.4. The lowest BCUT2D eigenvalue weighted by Crippen LogP contribution is -3.14. The molecule has 1 aromatic carbocycles. The second-order valence-electron chi connectivity index (χ2n) is 5.72. The molecule has 1 unspecified atom stereocenters. The van der Waals surface area contributed by atoms with Gasteiger partial charge in [-0.1, -0.05) is 0 Å².